The maximum atomic E-state index is 11.5. The van der Waals surface area contributed by atoms with Crippen LogP contribution in [0.4, 0.5) is 0 Å². The summed E-state index contributed by atoms with van der Waals surface area (Å²) >= 11 is 0. The first-order valence-corrected chi connectivity index (χ1v) is 9.19. The monoisotopic (exact) mass is 307 g/mol. The molecule has 1 aliphatic heterocycles. The Balaban J connectivity index is 2.25. The molecule has 1 fully saturated rings. The lowest BCUT2D eigenvalue weighted by Gasteiger charge is -2.26. The highest BCUT2D eigenvalue weighted by Crippen LogP contribution is 2.22. The average molecular weight is 307 g/mol. The van der Waals surface area contributed by atoms with Gasteiger partial charge in [-0.3, -0.25) is 0 Å². The van der Waals surface area contributed by atoms with Crippen LogP contribution in [0.25, 0.3) is 0 Å². The van der Waals surface area contributed by atoms with Gasteiger partial charge in [-0.05, 0) is 32.6 Å². The van der Waals surface area contributed by atoms with E-state index < -0.39 is 21.5 Å². The lowest BCUT2D eigenvalue weighted by Crippen LogP contribution is -2.47. The van der Waals surface area contributed by atoms with Crippen molar-refractivity contribution < 1.29 is 18.3 Å². The number of sulfone groups is 1. The Morgan fingerprint density at radius 1 is 1.35 bits per heavy atom. The van der Waals surface area contributed by atoms with Crippen LogP contribution >= 0.6 is 0 Å². The number of β-amino-alcohol motifs (C(OH)–C–C–N with tert-alkyl or cyclic N) is 1. The van der Waals surface area contributed by atoms with Gasteiger partial charge < -0.3 is 15.2 Å². The van der Waals surface area contributed by atoms with Crippen molar-refractivity contribution in [3.8, 4) is 0 Å². The number of hydrogen-bond donors (Lipinski definition) is 2. The van der Waals surface area contributed by atoms with Gasteiger partial charge in [0.05, 0.1) is 30.3 Å². The molecule has 0 aromatic rings. The van der Waals surface area contributed by atoms with E-state index in [0.29, 0.717) is 18.9 Å². The van der Waals surface area contributed by atoms with Crippen molar-refractivity contribution in [2.75, 3.05) is 24.7 Å². The lowest BCUT2D eigenvalue weighted by atomic mass is 10.0. The van der Waals surface area contributed by atoms with E-state index in [1.54, 1.807) is 0 Å². The number of nitrogens with one attached hydrogen (secondary N) is 1. The molecule has 2 N–H and O–H groups in total. The highest BCUT2D eigenvalue weighted by atomic mass is 32.2. The standard InChI is InChI=1S/C14H29NO4S/c1-11(2)7-12(3)19-9-13(16)8-15-14(4)5-6-20(17,18)10-14/h11-13,15-16H,5-10H2,1-4H3. The summed E-state index contributed by atoms with van der Waals surface area (Å²) in [4.78, 5) is 0. The van der Waals surface area contributed by atoms with Crippen LogP contribution in [0.3, 0.4) is 0 Å². The highest BCUT2D eigenvalue weighted by molar-refractivity contribution is 7.91. The second-order valence-corrected chi connectivity index (χ2v) is 8.89. The predicted molar refractivity (Wildman–Crippen MR) is 80.6 cm³/mol. The molecule has 3 unspecified atom stereocenters. The topological polar surface area (TPSA) is 75.6 Å². The Bertz CT molecular complexity index is 396. The highest BCUT2D eigenvalue weighted by Gasteiger charge is 2.38. The zero-order valence-electron chi connectivity index (χ0n) is 13.1. The van der Waals surface area contributed by atoms with Gasteiger partial charge in [0.25, 0.3) is 0 Å². The van der Waals surface area contributed by atoms with Crippen LogP contribution in [-0.4, -0.2) is 55.9 Å². The zero-order valence-corrected chi connectivity index (χ0v) is 13.9. The third-order valence-corrected chi connectivity index (χ3v) is 5.55. The Morgan fingerprint density at radius 2 is 2.00 bits per heavy atom. The molecule has 3 atom stereocenters. The van der Waals surface area contributed by atoms with Crippen molar-refractivity contribution in [3.63, 3.8) is 0 Å². The van der Waals surface area contributed by atoms with Crippen LogP contribution in [0.5, 0.6) is 0 Å². The molecule has 1 saturated heterocycles. The third kappa shape index (κ3) is 6.52. The van der Waals surface area contributed by atoms with Gasteiger partial charge >= 0.3 is 0 Å². The zero-order chi connectivity index (χ0) is 15.4. The SMILES string of the molecule is CC(C)CC(C)OCC(O)CNC1(C)CCS(=O)(=O)C1. The van der Waals surface area contributed by atoms with Gasteiger partial charge in [-0.1, -0.05) is 13.8 Å². The number of rotatable bonds is 8. The molecule has 20 heavy (non-hydrogen) atoms. The molecule has 0 bridgehead atoms. The molecule has 0 amide bonds. The first-order chi connectivity index (χ1) is 9.12. The van der Waals surface area contributed by atoms with Crippen molar-refractivity contribution in [3.05, 3.63) is 0 Å². The van der Waals surface area contributed by atoms with Crippen LogP contribution in [0.15, 0.2) is 0 Å². The second-order valence-electron chi connectivity index (χ2n) is 6.71. The summed E-state index contributed by atoms with van der Waals surface area (Å²) < 4.78 is 28.6. The largest absolute Gasteiger partial charge is 0.389 e. The van der Waals surface area contributed by atoms with Crippen LogP contribution in [0, 0.1) is 5.92 Å². The van der Waals surface area contributed by atoms with Gasteiger partial charge in [-0.15, -0.1) is 0 Å². The maximum absolute atomic E-state index is 11.5. The van der Waals surface area contributed by atoms with Gasteiger partial charge in [-0.25, -0.2) is 8.42 Å². The minimum atomic E-state index is -2.92. The first-order valence-electron chi connectivity index (χ1n) is 7.37. The third-order valence-electron chi connectivity index (χ3n) is 3.64. The number of ether oxygens (including phenoxy) is 1. The van der Waals surface area contributed by atoms with Crippen molar-refractivity contribution in [1.29, 1.82) is 0 Å². The molecule has 6 heteroatoms. The fraction of sp³-hybridized carbons (Fsp3) is 1.00. The number of aliphatic hydroxyl groups excluding tert-OH is 1. The molecule has 1 rings (SSSR count). The van der Waals surface area contributed by atoms with Gasteiger partial charge in [-0.2, -0.15) is 0 Å². The molecule has 5 nitrogen and oxygen atoms in total. The molecule has 120 valence electrons. The summed E-state index contributed by atoms with van der Waals surface area (Å²) in [6.45, 7) is 8.82. The smallest absolute Gasteiger partial charge is 0.152 e. The van der Waals surface area contributed by atoms with Crippen LogP contribution in [0.1, 0.15) is 40.5 Å². The summed E-state index contributed by atoms with van der Waals surface area (Å²) in [5.74, 6) is 0.953. The summed E-state index contributed by atoms with van der Waals surface area (Å²) in [5, 5.41) is 13.1. The summed E-state index contributed by atoms with van der Waals surface area (Å²) in [5.41, 5.74) is -0.413. The van der Waals surface area contributed by atoms with E-state index in [2.05, 4.69) is 19.2 Å². The first kappa shape index (κ1) is 17.9. The normalized spacial score (nSPS) is 28.7. The maximum Gasteiger partial charge on any atom is 0.152 e. The Kier molecular flexibility index (Phi) is 6.44. The summed E-state index contributed by atoms with van der Waals surface area (Å²) in [6.07, 6.45) is 1.10. The van der Waals surface area contributed by atoms with E-state index in [9.17, 15) is 13.5 Å². The van der Waals surface area contributed by atoms with Crippen LogP contribution in [-0.2, 0) is 14.6 Å². The molecule has 1 aliphatic rings. The molecule has 1 heterocycles. The molecule has 0 aliphatic carbocycles. The Hall–Kier alpha value is -0.170. The molecule has 0 aromatic carbocycles. The fourth-order valence-electron chi connectivity index (χ4n) is 2.58. The van der Waals surface area contributed by atoms with Crippen LogP contribution < -0.4 is 5.32 Å². The van der Waals surface area contributed by atoms with E-state index in [0.717, 1.165) is 6.42 Å². The molecule has 0 spiro atoms. The van der Waals surface area contributed by atoms with Crippen molar-refractivity contribution >= 4 is 9.84 Å². The second kappa shape index (κ2) is 7.20. The van der Waals surface area contributed by atoms with Crippen molar-refractivity contribution in [2.24, 2.45) is 5.92 Å². The predicted octanol–water partition coefficient (Wildman–Crippen LogP) is 0.965. The summed E-state index contributed by atoms with van der Waals surface area (Å²) in [7, 11) is -2.92. The van der Waals surface area contributed by atoms with Gasteiger partial charge in [0.1, 0.15) is 0 Å². The molecular formula is C14H29NO4S. The number of aliphatic hydroxyl groups is 1. The van der Waals surface area contributed by atoms with E-state index >= 15 is 0 Å². The Morgan fingerprint density at radius 3 is 2.50 bits per heavy atom. The molecule has 0 radical (unpaired) electrons. The van der Waals surface area contributed by atoms with E-state index in [-0.39, 0.29) is 24.2 Å². The van der Waals surface area contributed by atoms with Gasteiger partial charge in [0, 0.05) is 12.1 Å². The molecule has 0 saturated carbocycles. The minimum Gasteiger partial charge on any atom is -0.389 e. The van der Waals surface area contributed by atoms with E-state index in [1.807, 2.05) is 13.8 Å². The van der Waals surface area contributed by atoms with Crippen LogP contribution in [0.2, 0.25) is 0 Å². The van der Waals surface area contributed by atoms with Crippen molar-refractivity contribution in [1.82, 2.24) is 5.32 Å². The Labute approximate surface area is 123 Å². The summed E-state index contributed by atoms with van der Waals surface area (Å²) in [6, 6.07) is 0. The fourth-order valence-corrected chi connectivity index (χ4v) is 4.70. The lowest BCUT2D eigenvalue weighted by molar-refractivity contribution is -0.0103. The molecular weight excluding hydrogens is 278 g/mol. The average Bonchev–Trinajstić information content (AvgIpc) is 2.58. The van der Waals surface area contributed by atoms with E-state index in [4.69, 9.17) is 4.74 Å². The quantitative estimate of drug-likeness (QED) is 0.699. The van der Waals surface area contributed by atoms with Crippen molar-refractivity contribution in [2.45, 2.75) is 58.3 Å². The number of hydrogen-bond acceptors (Lipinski definition) is 5. The van der Waals surface area contributed by atoms with Gasteiger partial charge in [0.2, 0.25) is 0 Å². The van der Waals surface area contributed by atoms with Gasteiger partial charge in [0.15, 0.2) is 9.84 Å². The van der Waals surface area contributed by atoms with E-state index in [1.165, 1.54) is 0 Å². The minimum absolute atomic E-state index is 0.132. The molecule has 0 aromatic heterocycles.